The zero-order valence-electron chi connectivity index (χ0n) is 9.92. The lowest BCUT2D eigenvalue weighted by atomic mass is 10.2. The quantitative estimate of drug-likeness (QED) is 0.781. The maximum Gasteiger partial charge on any atom is 0.197 e. The van der Waals surface area contributed by atoms with Gasteiger partial charge < -0.3 is 9.47 Å². The van der Waals surface area contributed by atoms with Gasteiger partial charge in [-0.1, -0.05) is 6.07 Å². The van der Waals surface area contributed by atoms with Gasteiger partial charge >= 0.3 is 0 Å². The zero-order chi connectivity index (χ0) is 11.8. The minimum absolute atomic E-state index is 0.224. The third-order valence-electron chi connectivity index (χ3n) is 2.16. The van der Waals surface area contributed by atoms with Gasteiger partial charge in [-0.05, 0) is 45.7 Å². The molecule has 0 amide bonds. The molecule has 1 aliphatic rings. The molecule has 88 valence electrons. The molecule has 1 aromatic carbocycles. The molecule has 1 aliphatic carbocycles. The lowest BCUT2D eigenvalue weighted by Crippen LogP contribution is -2.24. The van der Waals surface area contributed by atoms with Crippen LogP contribution in [0.2, 0.25) is 0 Å². The Hall–Kier alpha value is -1.25. The van der Waals surface area contributed by atoms with Crippen molar-refractivity contribution in [1.29, 1.82) is 0 Å². The Morgan fingerprint density at radius 3 is 2.50 bits per heavy atom. The number of halogens is 1. The predicted octanol–water partition coefficient (Wildman–Crippen LogP) is 3.54. The van der Waals surface area contributed by atoms with Crippen LogP contribution in [0.1, 0.15) is 33.6 Å². The van der Waals surface area contributed by atoms with Crippen molar-refractivity contribution in [3.8, 4) is 11.5 Å². The van der Waals surface area contributed by atoms with Crippen molar-refractivity contribution in [3.05, 3.63) is 24.0 Å². The molecule has 0 saturated heterocycles. The van der Waals surface area contributed by atoms with Crippen LogP contribution >= 0.6 is 0 Å². The van der Waals surface area contributed by atoms with Crippen LogP contribution in [-0.2, 0) is 0 Å². The minimum atomic E-state index is -0.427. The van der Waals surface area contributed by atoms with E-state index < -0.39 is 5.60 Å². The Kier molecular flexibility index (Phi) is 2.78. The number of benzene rings is 1. The molecule has 0 unspecified atom stereocenters. The van der Waals surface area contributed by atoms with Crippen LogP contribution in [0, 0.1) is 5.82 Å². The van der Waals surface area contributed by atoms with Gasteiger partial charge in [-0.25, -0.2) is 4.39 Å². The second-order valence-electron chi connectivity index (χ2n) is 5.10. The highest BCUT2D eigenvalue weighted by Crippen LogP contribution is 2.36. The van der Waals surface area contributed by atoms with E-state index in [9.17, 15) is 4.39 Å². The fraction of sp³-hybridized carbons (Fsp3) is 0.538. The Labute approximate surface area is 95.4 Å². The minimum Gasteiger partial charge on any atom is -0.486 e. The van der Waals surface area contributed by atoms with E-state index in [0.717, 1.165) is 12.8 Å². The summed E-state index contributed by atoms with van der Waals surface area (Å²) in [4.78, 5) is 0. The third-order valence-corrected chi connectivity index (χ3v) is 2.16. The summed E-state index contributed by atoms with van der Waals surface area (Å²) in [5.74, 6) is 0.368. The van der Waals surface area contributed by atoms with Gasteiger partial charge in [0.15, 0.2) is 17.3 Å². The molecule has 0 bridgehead atoms. The first-order valence-corrected chi connectivity index (χ1v) is 5.60. The third kappa shape index (κ3) is 2.87. The first-order valence-electron chi connectivity index (χ1n) is 5.60. The Morgan fingerprint density at radius 2 is 1.94 bits per heavy atom. The smallest absolute Gasteiger partial charge is 0.197 e. The molecule has 1 aromatic rings. The molecule has 0 aliphatic heterocycles. The highest BCUT2D eigenvalue weighted by Gasteiger charge is 2.27. The first kappa shape index (κ1) is 11.2. The van der Waals surface area contributed by atoms with E-state index in [-0.39, 0.29) is 17.7 Å². The summed E-state index contributed by atoms with van der Waals surface area (Å²) in [6.45, 7) is 5.67. The van der Waals surface area contributed by atoms with Crippen LogP contribution in [0.25, 0.3) is 0 Å². The van der Waals surface area contributed by atoms with Gasteiger partial charge in [0.25, 0.3) is 0 Å². The van der Waals surface area contributed by atoms with E-state index in [1.165, 1.54) is 6.07 Å². The normalized spacial score (nSPS) is 16.0. The van der Waals surface area contributed by atoms with E-state index in [1.54, 1.807) is 12.1 Å². The van der Waals surface area contributed by atoms with Gasteiger partial charge in [-0.15, -0.1) is 0 Å². The summed E-state index contributed by atoms with van der Waals surface area (Å²) in [5.41, 5.74) is -0.427. The summed E-state index contributed by atoms with van der Waals surface area (Å²) in [6, 6.07) is 4.78. The van der Waals surface area contributed by atoms with E-state index >= 15 is 0 Å². The van der Waals surface area contributed by atoms with Crippen molar-refractivity contribution in [3.63, 3.8) is 0 Å². The predicted molar refractivity (Wildman–Crippen MR) is 60.4 cm³/mol. The number of hydrogen-bond acceptors (Lipinski definition) is 2. The fourth-order valence-electron chi connectivity index (χ4n) is 1.35. The number of para-hydroxylation sites is 1. The van der Waals surface area contributed by atoms with E-state index in [4.69, 9.17) is 9.47 Å². The summed E-state index contributed by atoms with van der Waals surface area (Å²) in [7, 11) is 0. The highest BCUT2D eigenvalue weighted by atomic mass is 19.1. The summed E-state index contributed by atoms with van der Waals surface area (Å²) in [5, 5.41) is 0. The summed E-state index contributed by atoms with van der Waals surface area (Å²) >= 11 is 0. The van der Waals surface area contributed by atoms with Crippen molar-refractivity contribution in [2.75, 3.05) is 0 Å². The van der Waals surface area contributed by atoms with Crippen molar-refractivity contribution < 1.29 is 13.9 Å². The molecule has 0 radical (unpaired) electrons. The van der Waals surface area contributed by atoms with Gasteiger partial charge in [-0.2, -0.15) is 0 Å². The summed E-state index contributed by atoms with van der Waals surface area (Å²) < 4.78 is 24.9. The van der Waals surface area contributed by atoms with Crippen molar-refractivity contribution in [2.24, 2.45) is 0 Å². The molecule has 1 fully saturated rings. The monoisotopic (exact) mass is 224 g/mol. The first-order chi connectivity index (χ1) is 7.46. The van der Waals surface area contributed by atoms with Gasteiger partial charge in [-0.3, -0.25) is 0 Å². The summed E-state index contributed by atoms with van der Waals surface area (Å²) in [6.07, 6.45) is 2.33. The Balaban J connectivity index is 2.24. The van der Waals surface area contributed by atoms with E-state index in [2.05, 4.69) is 0 Å². The molecule has 1 saturated carbocycles. The Morgan fingerprint density at radius 1 is 1.25 bits per heavy atom. The maximum atomic E-state index is 13.6. The van der Waals surface area contributed by atoms with Gasteiger partial charge in [0.1, 0.15) is 5.60 Å². The molecule has 0 spiro atoms. The standard InChI is InChI=1S/C13H17FO2/c1-13(2,3)16-12-10(14)5-4-6-11(12)15-9-7-8-9/h4-6,9H,7-8H2,1-3H3. The van der Waals surface area contributed by atoms with Gasteiger partial charge in [0.2, 0.25) is 0 Å². The van der Waals surface area contributed by atoms with Crippen molar-refractivity contribution in [1.82, 2.24) is 0 Å². The fourth-order valence-corrected chi connectivity index (χ4v) is 1.35. The SMILES string of the molecule is CC(C)(C)Oc1c(F)cccc1OC1CC1. The van der Waals surface area contributed by atoms with Crippen LogP contribution in [0.15, 0.2) is 18.2 Å². The second-order valence-corrected chi connectivity index (χ2v) is 5.10. The average Bonchev–Trinajstić information content (AvgIpc) is 2.93. The van der Waals surface area contributed by atoms with Crippen LogP contribution in [0.4, 0.5) is 4.39 Å². The number of hydrogen-bond donors (Lipinski definition) is 0. The van der Waals surface area contributed by atoms with E-state index in [0.29, 0.717) is 5.75 Å². The van der Waals surface area contributed by atoms with Crippen LogP contribution in [-0.4, -0.2) is 11.7 Å². The highest BCUT2D eigenvalue weighted by molar-refractivity contribution is 5.41. The molecule has 2 rings (SSSR count). The average molecular weight is 224 g/mol. The van der Waals surface area contributed by atoms with Crippen molar-refractivity contribution >= 4 is 0 Å². The molecule has 2 nitrogen and oxygen atoms in total. The topological polar surface area (TPSA) is 18.5 Å². The molecule has 0 N–H and O–H groups in total. The van der Waals surface area contributed by atoms with Crippen LogP contribution < -0.4 is 9.47 Å². The number of ether oxygens (including phenoxy) is 2. The molecule has 0 aromatic heterocycles. The van der Waals surface area contributed by atoms with Crippen molar-refractivity contribution in [2.45, 2.75) is 45.3 Å². The van der Waals surface area contributed by atoms with Gasteiger partial charge in [0, 0.05) is 0 Å². The second kappa shape index (κ2) is 3.96. The number of rotatable bonds is 3. The van der Waals surface area contributed by atoms with Crippen LogP contribution in [0.3, 0.4) is 0 Å². The maximum absolute atomic E-state index is 13.6. The molecular weight excluding hydrogens is 207 g/mol. The molecule has 0 heterocycles. The lowest BCUT2D eigenvalue weighted by molar-refractivity contribution is 0.116. The molecular formula is C13H17FO2. The van der Waals surface area contributed by atoms with Crippen LogP contribution in [0.5, 0.6) is 11.5 Å². The zero-order valence-corrected chi connectivity index (χ0v) is 9.92. The molecule has 16 heavy (non-hydrogen) atoms. The lowest BCUT2D eigenvalue weighted by Gasteiger charge is -2.23. The molecule has 0 atom stereocenters. The van der Waals surface area contributed by atoms with E-state index in [1.807, 2.05) is 20.8 Å². The molecule has 3 heteroatoms. The largest absolute Gasteiger partial charge is 0.486 e. The Bertz CT molecular complexity index is 378. The van der Waals surface area contributed by atoms with Gasteiger partial charge in [0.05, 0.1) is 6.10 Å².